The number of piperidine rings is 1. The van der Waals surface area contributed by atoms with Crippen molar-refractivity contribution in [3.8, 4) is 0 Å². The molecule has 0 aliphatic carbocycles. The van der Waals surface area contributed by atoms with Crippen LogP contribution in [0.25, 0.3) is 0 Å². The highest BCUT2D eigenvalue weighted by Gasteiger charge is 2.34. The fourth-order valence-corrected chi connectivity index (χ4v) is 3.85. The number of benzene rings is 1. The van der Waals surface area contributed by atoms with Gasteiger partial charge in [0.1, 0.15) is 0 Å². The second-order valence-corrected chi connectivity index (χ2v) is 7.39. The van der Waals surface area contributed by atoms with E-state index in [1.165, 1.54) is 11.1 Å². The van der Waals surface area contributed by atoms with Gasteiger partial charge in [0.05, 0.1) is 18.2 Å². The molecule has 2 amide bonds. The SMILES string of the molecule is CCc1ccc(C2CC(C(N)=S)CN(C(=O)N3CCOCC3)C2)cc1. The maximum Gasteiger partial charge on any atom is 0.320 e. The number of carbonyl (C=O) groups excluding carboxylic acids is 1. The zero-order valence-corrected chi connectivity index (χ0v) is 15.6. The van der Waals surface area contributed by atoms with Crippen LogP contribution in [-0.2, 0) is 11.2 Å². The van der Waals surface area contributed by atoms with Crippen molar-refractivity contribution in [3.05, 3.63) is 35.4 Å². The first kappa shape index (κ1) is 18.1. The Hall–Kier alpha value is -1.66. The van der Waals surface area contributed by atoms with E-state index >= 15 is 0 Å². The van der Waals surface area contributed by atoms with Crippen molar-refractivity contribution < 1.29 is 9.53 Å². The molecule has 1 aromatic carbocycles. The van der Waals surface area contributed by atoms with Crippen LogP contribution in [0.1, 0.15) is 30.4 Å². The Balaban J connectivity index is 1.76. The smallest absolute Gasteiger partial charge is 0.320 e. The van der Waals surface area contributed by atoms with Gasteiger partial charge in [-0.3, -0.25) is 0 Å². The molecule has 0 spiro atoms. The molecule has 0 radical (unpaired) electrons. The summed E-state index contributed by atoms with van der Waals surface area (Å²) in [6.45, 7) is 6.03. The second-order valence-electron chi connectivity index (χ2n) is 6.91. The highest BCUT2D eigenvalue weighted by Crippen LogP contribution is 2.31. The van der Waals surface area contributed by atoms with Crippen LogP contribution in [0.4, 0.5) is 4.79 Å². The number of thiocarbonyl (C=S) groups is 1. The largest absolute Gasteiger partial charge is 0.393 e. The molecule has 6 heteroatoms. The van der Waals surface area contributed by atoms with Crippen LogP contribution in [0.15, 0.2) is 24.3 Å². The van der Waals surface area contributed by atoms with Crippen molar-refractivity contribution in [1.29, 1.82) is 0 Å². The lowest BCUT2D eigenvalue weighted by atomic mass is 9.84. The molecule has 25 heavy (non-hydrogen) atoms. The monoisotopic (exact) mass is 361 g/mol. The van der Waals surface area contributed by atoms with Gasteiger partial charge in [-0.15, -0.1) is 0 Å². The lowest BCUT2D eigenvalue weighted by Gasteiger charge is -2.40. The van der Waals surface area contributed by atoms with Gasteiger partial charge < -0.3 is 20.3 Å². The number of likely N-dealkylation sites (tertiary alicyclic amines) is 1. The molecule has 0 aromatic heterocycles. The number of carbonyl (C=O) groups is 1. The molecule has 2 heterocycles. The van der Waals surface area contributed by atoms with Crippen molar-refractivity contribution in [2.45, 2.75) is 25.7 Å². The lowest BCUT2D eigenvalue weighted by molar-refractivity contribution is 0.0396. The molecule has 136 valence electrons. The summed E-state index contributed by atoms with van der Waals surface area (Å²) in [5.41, 5.74) is 8.54. The predicted octanol–water partition coefficient (Wildman–Crippen LogP) is 2.39. The zero-order chi connectivity index (χ0) is 17.8. The number of rotatable bonds is 3. The molecule has 3 rings (SSSR count). The number of urea groups is 1. The fraction of sp³-hybridized carbons (Fsp3) is 0.579. The second kappa shape index (κ2) is 8.15. The van der Waals surface area contributed by atoms with Crippen molar-refractivity contribution >= 4 is 23.2 Å². The van der Waals surface area contributed by atoms with Crippen molar-refractivity contribution in [1.82, 2.24) is 9.80 Å². The van der Waals surface area contributed by atoms with Gasteiger partial charge in [-0.25, -0.2) is 4.79 Å². The number of amides is 2. The van der Waals surface area contributed by atoms with E-state index in [9.17, 15) is 4.79 Å². The Kier molecular flexibility index (Phi) is 5.91. The van der Waals surface area contributed by atoms with Crippen LogP contribution in [0.5, 0.6) is 0 Å². The summed E-state index contributed by atoms with van der Waals surface area (Å²) in [6, 6.07) is 8.80. The first-order chi connectivity index (χ1) is 12.1. The van der Waals surface area contributed by atoms with E-state index < -0.39 is 0 Å². The molecule has 2 aliphatic rings. The molecule has 1 aromatic rings. The minimum Gasteiger partial charge on any atom is -0.393 e. The highest BCUT2D eigenvalue weighted by atomic mass is 32.1. The van der Waals surface area contributed by atoms with Crippen LogP contribution in [0.2, 0.25) is 0 Å². The van der Waals surface area contributed by atoms with E-state index in [-0.39, 0.29) is 17.9 Å². The van der Waals surface area contributed by atoms with Gasteiger partial charge in [-0.2, -0.15) is 0 Å². The van der Waals surface area contributed by atoms with Gasteiger partial charge in [-0.1, -0.05) is 43.4 Å². The van der Waals surface area contributed by atoms with Crippen molar-refractivity contribution in [3.63, 3.8) is 0 Å². The minimum absolute atomic E-state index is 0.0737. The number of nitrogens with zero attached hydrogens (tertiary/aromatic N) is 2. The van der Waals surface area contributed by atoms with Crippen molar-refractivity contribution in [2.75, 3.05) is 39.4 Å². The summed E-state index contributed by atoms with van der Waals surface area (Å²) in [6.07, 6.45) is 1.94. The molecule has 2 fully saturated rings. The molecule has 2 atom stereocenters. The van der Waals surface area contributed by atoms with Crippen LogP contribution in [0, 0.1) is 5.92 Å². The third-order valence-electron chi connectivity index (χ3n) is 5.26. The van der Waals surface area contributed by atoms with Crippen LogP contribution < -0.4 is 5.73 Å². The van der Waals surface area contributed by atoms with E-state index in [0.29, 0.717) is 37.8 Å². The Labute approximate surface area is 155 Å². The van der Waals surface area contributed by atoms with Gasteiger partial charge in [0.2, 0.25) is 0 Å². The maximum atomic E-state index is 12.9. The molecule has 5 nitrogen and oxygen atoms in total. The van der Waals surface area contributed by atoms with Crippen LogP contribution in [0.3, 0.4) is 0 Å². The van der Waals surface area contributed by atoms with E-state index in [1.54, 1.807) is 0 Å². The Morgan fingerprint density at radius 1 is 1.20 bits per heavy atom. The van der Waals surface area contributed by atoms with Crippen LogP contribution in [-0.4, -0.2) is 60.2 Å². The molecular weight excluding hydrogens is 334 g/mol. The highest BCUT2D eigenvalue weighted by molar-refractivity contribution is 7.80. The molecule has 0 saturated carbocycles. The molecule has 2 unspecified atom stereocenters. The predicted molar refractivity (Wildman–Crippen MR) is 103 cm³/mol. The Morgan fingerprint density at radius 2 is 1.88 bits per heavy atom. The zero-order valence-electron chi connectivity index (χ0n) is 14.8. The minimum atomic E-state index is 0.0737. The number of hydrogen-bond acceptors (Lipinski definition) is 3. The van der Waals surface area contributed by atoms with E-state index in [2.05, 4.69) is 31.2 Å². The van der Waals surface area contributed by atoms with Crippen molar-refractivity contribution in [2.24, 2.45) is 11.7 Å². The number of morpholine rings is 1. The summed E-state index contributed by atoms with van der Waals surface area (Å²) >= 11 is 5.26. The molecule has 2 saturated heterocycles. The Morgan fingerprint density at radius 3 is 2.48 bits per heavy atom. The van der Waals surface area contributed by atoms with E-state index in [1.807, 2.05) is 9.80 Å². The molecule has 2 aliphatic heterocycles. The maximum absolute atomic E-state index is 12.9. The number of nitrogens with two attached hydrogens (primary N) is 1. The van der Waals surface area contributed by atoms with E-state index in [4.69, 9.17) is 22.7 Å². The quantitative estimate of drug-likeness (QED) is 0.840. The average Bonchev–Trinajstić information content (AvgIpc) is 2.67. The fourth-order valence-electron chi connectivity index (χ4n) is 3.68. The normalized spacial score (nSPS) is 24.2. The first-order valence-corrected chi connectivity index (χ1v) is 9.49. The summed E-state index contributed by atoms with van der Waals surface area (Å²) in [4.78, 5) is 17.2. The summed E-state index contributed by atoms with van der Waals surface area (Å²) in [5.74, 6) is 0.348. The number of ether oxygens (including phenoxy) is 1. The topological polar surface area (TPSA) is 58.8 Å². The van der Waals surface area contributed by atoms with Gasteiger partial charge in [0, 0.05) is 38.0 Å². The first-order valence-electron chi connectivity index (χ1n) is 9.08. The average molecular weight is 362 g/mol. The third-order valence-corrected chi connectivity index (χ3v) is 5.60. The summed E-state index contributed by atoms with van der Waals surface area (Å²) in [5, 5.41) is 0. The molecule has 2 N–H and O–H groups in total. The summed E-state index contributed by atoms with van der Waals surface area (Å²) < 4.78 is 5.36. The standard InChI is InChI=1S/C19H27N3O2S/c1-2-14-3-5-15(6-4-14)16-11-17(18(20)25)13-22(12-16)19(23)21-7-9-24-10-8-21/h3-6,16-17H,2,7-13H2,1H3,(H2,20,25). The lowest BCUT2D eigenvalue weighted by Crippen LogP contribution is -2.53. The molecular formula is C19H27N3O2S. The van der Waals surface area contributed by atoms with Gasteiger partial charge in [0.15, 0.2) is 0 Å². The van der Waals surface area contributed by atoms with Gasteiger partial charge in [-0.05, 0) is 24.0 Å². The summed E-state index contributed by atoms with van der Waals surface area (Å²) in [7, 11) is 0. The Bertz CT molecular complexity index is 614. The molecule has 0 bridgehead atoms. The van der Waals surface area contributed by atoms with Gasteiger partial charge >= 0.3 is 6.03 Å². The van der Waals surface area contributed by atoms with E-state index in [0.717, 1.165) is 19.4 Å². The number of aryl methyl sites for hydroxylation is 1. The third kappa shape index (κ3) is 4.30. The van der Waals surface area contributed by atoms with Gasteiger partial charge in [0.25, 0.3) is 0 Å². The van der Waals surface area contributed by atoms with Crippen LogP contribution >= 0.6 is 12.2 Å². The number of hydrogen-bond donors (Lipinski definition) is 1.